The van der Waals surface area contributed by atoms with Gasteiger partial charge in [0.2, 0.25) is 0 Å². The summed E-state index contributed by atoms with van der Waals surface area (Å²) in [5, 5.41) is 4.60. The molecule has 0 aliphatic carbocycles. The highest BCUT2D eigenvalue weighted by Crippen LogP contribution is 2.30. The number of rotatable bonds is 9. The predicted octanol–water partition coefficient (Wildman–Crippen LogP) is 5.66. The molecule has 1 aromatic heterocycles. The number of ether oxygens (including phenoxy) is 2. The maximum Gasteiger partial charge on any atom is 0.161 e. The first-order valence-corrected chi connectivity index (χ1v) is 9.83. The molecule has 2 aromatic carbocycles. The molecule has 1 heterocycles. The summed E-state index contributed by atoms with van der Waals surface area (Å²) in [6.45, 7) is 4.33. The van der Waals surface area contributed by atoms with Gasteiger partial charge in [0.25, 0.3) is 0 Å². The molecule has 0 spiro atoms. The zero-order chi connectivity index (χ0) is 19.8. The molecule has 3 aromatic rings. The van der Waals surface area contributed by atoms with Crippen LogP contribution in [-0.4, -0.2) is 11.6 Å². The van der Waals surface area contributed by atoms with Gasteiger partial charge >= 0.3 is 0 Å². The van der Waals surface area contributed by atoms with Crippen molar-refractivity contribution in [2.45, 2.75) is 26.6 Å². The van der Waals surface area contributed by atoms with Crippen molar-refractivity contribution in [1.29, 1.82) is 0 Å². The van der Waals surface area contributed by atoms with E-state index in [-0.39, 0.29) is 0 Å². The SMILES string of the molecule is CCOc1cc(CNCc2cccnc2)ccc1OCc1ccc(Cl)cc1Cl. The number of hydrogen-bond donors (Lipinski definition) is 1. The predicted molar refractivity (Wildman–Crippen MR) is 113 cm³/mol. The zero-order valence-electron chi connectivity index (χ0n) is 15.6. The first-order chi connectivity index (χ1) is 13.7. The molecule has 4 nitrogen and oxygen atoms in total. The molecule has 0 unspecified atom stereocenters. The lowest BCUT2D eigenvalue weighted by Gasteiger charge is -2.14. The third-order valence-corrected chi connectivity index (χ3v) is 4.67. The topological polar surface area (TPSA) is 43.4 Å². The summed E-state index contributed by atoms with van der Waals surface area (Å²) in [7, 11) is 0. The normalized spacial score (nSPS) is 10.7. The van der Waals surface area contributed by atoms with Gasteiger partial charge in [-0.05, 0) is 48.4 Å². The molecule has 0 aliphatic rings. The van der Waals surface area contributed by atoms with Crippen LogP contribution in [0.5, 0.6) is 11.5 Å². The minimum Gasteiger partial charge on any atom is -0.490 e. The largest absolute Gasteiger partial charge is 0.490 e. The summed E-state index contributed by atoms with van der Waals surface area (Å²) in [6, 6.07) is 15.3. The summed E-state index contributed by atoms with van der Waals surface area (Å²) < 4.78 is 11.7. The van der Waals surface area contributed by atoms with Gasteiger partial charge < -0.3 is 14.8 Å². The van der Waals surface area contributed by atoms with E-state index < -0.39 is 0 Å². The number of aromatic nitrogens is 1. The second-order valence-electron chi connectivity index (χ2n) is 6.20. The van der Waals surface area contributed by atoms with Crippen LogP contribution in [0.2, 0.25) is 10.0 Å². The molecule has 0 saturated carbocycles. The minimum absolute atomic E-state index is 0.342. The Morgan fingerprint density at radius 1 is 0.929 bits per heavy atom. The van der Waals surface area contributed by atoms with Crippen molar-refractivity contribution in [3.05, 3.63) is 87.7 Å². The van der Waals surface area contributed by atoms with Gasteiger partial charge in [-0.25, -0.2) is 0 Å². The number of nitrogens with zero attached hydrogens (tertiary/aromatic N) is 1. The van der Waals surface area contributed by atoms with E-state index >= 15 is 0 Å². The van der Waals surface area contributed by atoms with Crippen LogP contribution in [0.1, 0.15) is 23.6 Å². The Kier molecular flexibility index (Phi) is 7.54. The van der Waals surface area contributed by atoms with E-state index in [0.29, 0.717) is 34.8 Å². The van der Waals surface area contributed by atoms with Gasteiger partial charge in [-0.1, -0.05) is 41.4 Å². The van der Waals surface area contributed by atoms with E-state index in [0.717, 1.165) is 29.8 Å². The van der Waals surface area contributed by atoms with Gasteiger partial charge in [-0.15, -0.1) is 0 Å². The molecule has 0 aliphatic heterocycles. The third kappa shape index (κ3) is 5.86. The van der Waals surface area contributed by atoms with Crippen LogP contribution in [-0.2, 0) is 19.7 Å². The van der Waals surface area contributed by atoms with E-state index in [4.69, 9.17) is 32.7 Å². The Balaban J connectivity index is 1.63. The second-order valence-corrected chi connectivity index (χ2v) is 7.05. The van der Waals surface area contributed by atoms with Crippen molar-refractivity contribution in [3.63, 3.8) is 0 Å². The van der Waals surface area contributed by atoms with Crippen LogP contribution in [0.4, 0.5) is 0 Å². The fraction of sp³-hybridized carbons (Fsp3) is 0.227. The molecule has 0 amide bonds. The van der Waals surface area contributed by atoms with Crippen molar-refractivity contribution in [3.8, 4) is 11.5 Å². The van der Waals surface area contributed by atoms with Gasteiger partial charge in [0, 0.05) is 41.1 Å². The monoisotopic (exact) mass is 416 g/mol. The van der Waals surface area contributed by atoms with Gasteiger partial charge in [0.1, 0.15) is 6.61 Å². The number of hydrogen-bond acceptors (Lipinski definition) is 4. The minimum atomic E-state index is 0.342. The van der Waals surface area contributed by atoms with Gasteiger partial charge in [-0.2, -0.15) is 0 Å². The van der Waals surface area contributed by atoms with Crippen molar-refractivity contribution in [1.82, 2.24) is 10.3 Å². The first kappa shape index (κ1) is 20.5. The Morgan fingerprint density at radius 2 is 1.79 bits per heavy atom. The first-order valence-electron chi connectivity index (χ1n) is 9.07. The molecular weight excluding hydrogens is 395 g/mol. The Labute approximate surface area is 175 Å². The van der Waals surface area contributed by atoms with E-state index in [1.165, 1.54) is 0 Å². The molecule has 0 bridgehead atoms. The summed E-state index contributed by atoms with van der Waals surface area (Å²) in [5.41, 5.74) is 3.13. The smallest absolute Gasteiger partial charge is 0.161 e. The average molecular weight is 417 g/mol. The number of halogens is 2. The summed E-state index contributed by atoms with van der Waals surface area (Å²) in [4.78, 5) is 4.12. The molecule has 3 rings (SSSR count). The van der Waals surface area contributed by atoms with Crippen LogP contribution < -0.4 is 14.8 Å². The molecule has 146 valence electrons. The van der Waals surface area contributed by atoms with Crippen LogP contribution in [0.25, 0.3) is 0 Å². The standard InChI is InChI=1S/C22H22Cl2N2O2/c1-2-27-22-10-16(12-26-14-17-4-3-9-25-13-17)5-8-21(22)28-15-18-6-7-19(23)11-20(18)24/h3-11,13,26H,2,12,14-15H2,1H3. The third-order valence-electron chi connectivity index (χ3n) is 4.09. The molecule has 0 fully saturated rings. The second kappa shape index (κ2) is 10.3. The molecule has 28 heavy (non-hydrogen) atoms. The van der Waals surface area contributed by atoms with Crippen LogP contribution in [0, 0.1) is 0 Å². The van der Waals surface area contributed by atoms with Crippen LogP contribution >= 0.6 is 23.2 Å². The average Bonchev–Trinajstić information content (AvgIpc) is 2.69. The van der Waals surface area contributed by atoms with Gasteiger partial charge in [-0.3, -0.25) is 4.98 Å². The quantitative estimate of drug-likeness (QED) is 0.488. The van der Waals surface area contributed by atoms with E-state index in [1.54, 1.807) is 18.3 Å². The maximum absolute atomic E-state index is 6.22. The van der Waals surface area contributed by atoms with Gasteiger partial charge in [0.15, 0.2) is 11.5 Å². The molecular formula is C22H22Cl2N2O2. The number of pyridine rings is 1. The summed E-state index contributed by atoms with van der Waals surface area (Å²) in [5.74, 6) is 1.40. The summed E-state index contributed by atoms with van der Waals surface area (Å²) in [6.07, 6.45) is 3.63. The Morgan fingerprint density at radius 3 is 2.54 bits per heavy atom. The highest BCUT2D eigenvalue weighted by molar-refractivity contribution is 6.35. The summed E-state index contributed by atoms with van der Waals surface area (Å²) >= 11 is 12.2. The van der Waals surface area contributed by atoms with E-state index in [9.17, 15) is 0 Å². The fourth-order valence-electron chi connectivity index (χ4n) is 2.70. The molecule has 6 heteroatoms. The maximum atomic E-state index is 6.22. The van der Waals surface area contributed by atoms with E-state index in [1.807, 2.05) is 49.5 Å². The van der Waals surface area contributed by atoms with Crippen molar-refractivity contribution in [2.75, 3.05) is 6.61 Å². The van der Waals surface area contributed by atoms with Crippen LogP contribution in [0.3, 0.4) is 0 Å². The van der Waals surface area contributed by atoms with Crippen molar-refractivity contribution < 1.29 is 9.47 Å². The molecule has 0 atom stereocenters. The lowest BCUT2D eigenvalue weighted by molar-refractivity contribution is 0.269. The number of benzene rings is 2. The highest BCUT2D eigenvalue weighted by Gasteiger charge is 2.09. The fourth-order valence-corrected chi connectivity index (χ4v) is 3.16. The molecule has 0 radical (unpaired) electrons. The Hall–Kier alpha value is -2.27. The number of nitrogens with one attached hydrogen (secondary N) is 1. The molecule has 1 N–H and O–H groups in total. The Bertz CT molecular complexity index is 904. The van der Waals surface area contributed by atoms with Crippen molar-refractivity contribution in [2.24, 2.45) is 0 Å². The zero-order valence-corrected chi connectivity index (χ0v) is 17.1. The van der Waals surface area contributed by atoms with Gasteiger partial charge in [0.05, 0.1) is 6.61 Å². The van der Waals surface area contributed by atoms with Crippen LogP contribution in [0.15, 0.2) is 60.9 Å². The van der Waals surface area contributed by atoms with Crippen molar-refractivity contribution >= 4 is 23.2 Å². The highest BCUT2D eigenvalue weighted by atomic mass is 35.5. The lowest BCUT2D eigenvalue weighted by Crippen LogP contribution is -2.13. The molecule has 0 saturated heterocycles. The van der Waals surface area contributed by atoms with E-state index in [2.05, 4.69) is 10.3 Å². The lowest BCUT2D eigenvalue weighted by atomic mass is 10.2.